The van der Waals surface area contributed by atoms with E-state index in [4.69, 9.17) is 9.47 Å². The van der Waals surface area contributed by atoms with Gasteiger partial charge in [0.1, 0.15) is 11.5 Å². The van der Waals surface area contributed by atoms with Crippen LogP contribution in [0.25, 0.3) is 0 Å². The van der Waals surface area contributed by atoms with Crippen molar-refractivity contribution in [3.05, 3.63) is 48.3 Å². The third-order valence-corrected chi connectivity index (χ3v) is 2.79. The maximum atomic E-state index is 12.0. The second kappa shape index (κ2) is 6.56. The fraction of sp³-hybridized carbons (Fsp3) is 0.200. The second-order valence-corrected chi connectivity index (χ2v) is 4.15. The number of pyridine rings is 1. The van der Waals surface area contributed by atoms with Crippen molar-refractivity contribution in [3.63, 3.8) is 0 Å². The molecule has 1 aromatic heterocycles. The molecule has 0 aliphatic carbocycles. The van der Waals surface area contributed by atoms with Crippen LogP contribution >= 0.6 is 0 Å². The normalized spacial score (nSPS) is 9.90. The summed E-state index contributed by atoms with van der Waals surface area (Å²) in [5.74, 6) is 1.13. The number of rotatable bonds is 5. The minimum Gasteiger partial charge on any atom is -0.497 e. The molecule has 0 aliphatic heterocycles. The largest absolute Gasteiger partial charge is 0.497 e. The number of methoxy groups -OCH3 is 2. The summed E-state index contributed by atoms with van der Waals surface area (Å²) < 4.78 is 10.4. The minimum atomic E-state index is -0.122. The van der Waals surface area contributed by atoms with Gasteiger partial charge in [0.25, 0.3) is 0 Å². The van der Waals surface area contributed by atoms with E-state index >= 15 is 0 Å². The van der Waals surface area contributed by atoms with E-state index in [-0.39, 0.29) is 12.3 Å². The monoisotopic (exact) mass is 272 g/mol. The Morgan fingerprint density at radius 1 is 1.15 bits per heavy atom. The van der Waals surface area contributed by atoms with Gasteiger partial charge in [0, 0.05) is 18.5 Å². The van der Waals surface area contributed by atoms with Crippen LogP contribution in [0.5, 0.6) is 11.5 Å². The van der Waals surface area contributed by atoms with Crippen LogP contribution < -0.4 is 14.8 Å². The van der Waals surface area contributed by atoms with E-state index in [9.17, 15) is 4.79 Å². The predicted molar refractivity (Wildman–Crippen MR) is 76.1 cm³/mol. The zero-order chi connectivity index (χ0) is 14.4. The molecule has 5 nitrogen and oxygen atoms in total. The van der Waals surface area contributed by atoms with Crippen molar-refractivity contribution in [2.45, 2.75) is 6.42 Å². The molecular weight excluding hydrogens is 256 g/mol. The number of hydrogen-bond acceptors (Lipinski definition) is 4. The molecule has 1 N–H and O–H groups in total. The Morgan fingerprint density at radius 2 is 1.90 bits per heavy atom. The lowest BCUT2D eigenvalue weighted by Gasteiger charge is -2.11. The van der Waals surface area contributed by atoms with Crippen molar-refractivity contribution in [3.8, 4) is 11.5 Å². The minimum absolute atomic E-state index is 0.122. The third kappa shape index (κ3) is 3.47. The smallest absolute Gasteiger partial charge is 0.228 e. The summed E-state index contributed by atoms with van der Waals surface area (Å²) in [6, 6.07) is 8.87. The molecule has 0 spiro atoms. The number of nitrogens with one attached hydrogen (secondary N) is 1. The van der Waals surface area contributed by atoms with Gasteiger partial charge in [0.05, 0.1) is 26.3 Å². The van der Waals surface area contributed by atoms with E-state index in [1.54, 1.807) is 44.8 Å². The molecule has 0 radical (unpaired) electrons. The molecule has 2 aromatic rings. The van der Waals surface area contributed by atoms with Gasteiger partial charge in [0.2, 0.25) is 5.91 Å². The summed E-state index contributed by atoms with van der Waals surface area (Å²) in [4.78, 5) is 15.9. The Kier molecular flexibility index (Phi) is 4.55. The average molecular weight is 272 g/mol. The van der Waals surface area contributed by atoms with Gasteiger partial charge in [-0.3, -0.25) is 9.78 Å². The van der Waals surface area contributed by atoms with E-state index in [1.165, 1.54) is 0 Å². The first-order valence-electron chi connectivity index (χ1n) is 6.13. The fourth-order valence-corrected chi connectivity index (χ4v) is 1.79. The summed E-state index contributed by atoms with van der Waals surface area (Å²) >= 11 is 0. The quantitative estimate of drug-likeness (QED) is 0.907. The first kappa shape index (κ1) is 13.9. The van der Waals surface area contributed by atoms with E-state index in [2.05, 4.69) is 10.3 Å². The first-order valence-corrected chi connectivity index (χ1v) is 6.13. The third-order valence-electron chi connectivity index (χ3n) is 2.79. The molecule has 1 amide bonds. The maximum absolute atomic E-state index is 12.0. The molecule has 0 saturated heterocycles. The average Bonchev–Trinajstić information content (AvgIpc) is 2.48. The molecule has 0 unspecified atom stereocenters. The lowest BCUT2D eigenvalue weighted by molar-refractivity contribution is -0.115. The molecule has 0 fully saturated rings. The molecule has 0 bridgehead atoms. The van der Waals surface area contributed by atoms with Crippen LogP contribution in [-0.2, 0) is 11.2 Å². The lowest BCUT2D eigenvalue weighted by atomic mass is 10.2. The number of benzene rings is 1. The maximum Gasteiger partial charge on any atom is 0.228 e. The fourth-order valence-electron chi connectivity index (χ4n) is 1.79. The number of ether oxygens (including phenoxy) is 2. The molecule has 104 valence electrons. The molecule has 0 aliphatic rings. The molecular formula is C15H16N2O3. The number of nitrogens with zero attached hydrogens (tertiary/aromatic N) is 1. The van der Waals surface area contributed by atoms with Gasteiger partial charge in [-0.25, -0.2) is 0 Å². The highest BCUT2D eigenvalue weighted by Gasteiger charge is 2.09. The molecule has 0 saturated carbocycles. The van der Waals surface area contributed by atoms with E-state index in [0.717, 1.165) is 5.56 Å². The highest BCUT2D eigenvalue weighted by atomic mass is 16.5. The van der Waals surface area contributed by atoms with Gasteiger partial charge in [-0.15, -0.1) is 0 Å². The van der Waals surface area contributed by atoms with E-state index in [0.29, 0.717) is 17.2 Å². The van der Waals surface area contributed by atoms with Crippen molar-refractivity contribution in [2.24, 2.45) is 0 Å². The van der Waals surface area contributed by atoms with Crippen LogP contribution in [0, 0.1) is 0 Å². The molecule has 0 atom stereocenters. The van der Waals surface area contributed by atoms with Gasteiger partial charge >= 0.3 is 0 Å². The van der Waals surface area contributed by atoms with Crippen LogP contribution in [-0.4, -0.2) is 25.1 Å². The molecule has 2 rings (SSSR count). The summed E-state index contributed by atoms with van der Waals surface area (Å²) in [7, 11) is 3.13. The van der Waals surface area contributed by atoms with Crippen molar-refractivity contribution in [2.75, 3.05) is 19.5 Å². The number of carbonyl (C=O) groups is 1. The SMILES string of the molecule is COc1ccc(OC)c(NC(=O)Cc2ccncc2)c1. The van der Waals surface area contributed by atoms with Crippen molar-refractivity contribution >= 4 is 11.6 Å². The van der Waals surface area contributed by atoms with Crippen molar-refractivity contribution < 1.29 is 14.3 Å². The zero-order valence-electron chi connectivity index (χ0n) is 11.4. The van der Waals surface area contributed by atoms with Crippen LogP contribution in [0.1, 0.15) is 5.56 Å². The number of amides is 1. The molecule has 20 heavy (non-hydrogen) atoms. The Bertz CT molecular complexity index is 585. The van der Waals surface area contributed by atoms with Gasteiger partial charge in [-0.2, -0.15) is 0 Å². The van der Waals surface area contributed by atoms with E-state index in [1.807, 2.05) is 12.1 Å². The lowest BCUT2D eigenvalue weighted by Crippen LogP contribution is -2.15. The van der Waals surface area contributed by atoms with Gasteiger partial charge < -0.3 is 14.8 Å². The number of anilines is 1. The highest BCUT2D eigenvalue weighted by Crippen LogP contribution is 2.28. The van der Waals surface area contributed by atoms with Crippen molar-refractivity contribution in [1.82, 2.24) is 4.98 Å². The van der Waals surface area contributed by atoms with Gasteiger partial charge in [-0.1, -0.05) is 0 Å². The van der Waals surface area contributed by atoms with Crippen LogP contribution in [0.4, 0.5) is 5.69 Å². The Hall–Kier alpha value is -2.56. The van der Waals surface area contributed by atoms with Crippen LogP contribution in [0.2, 0.25) is 0 Å². The number of aromatic nitrogens is 1. The van der Waals surface area contributed by atoms with Gasteiger partial charge in [0.15, 0.2) is 0 Å². The predicted octanol–water partition coefficient (Wildman–Crippen LogP) is 2.28. The summed E-state index contributed by atoms with van der Waals surface area (Å²) in [6.45, 7) is 0. The molecule has 1 heterocycles. The molecule has 1 aromatic carbocycles. The van der Waals surface area contributed by atoms with Crippen LogP contribution in [0.15, 0.2) is 42.7 Å². The Morgan fingerprint density at radius 3 is 2.55 bits per heavy atom. The van der Waals surface area contributed by atoms with E-state index < -0.39 is 0 Å². The number of carbonyl (C=O) groups excluding carboxylic acids is 1. The van der Waals surface area contributed by atoms with Crippen molar-refractivity contribution in [1.29, 1.82) is 0 Å². The first-order chi connectivity index (χ1) is 9.72. The van der Waals surface area contributed by atoms with Crippen LogP contribution in [0.3, 0.4) is 0 Å². The highest BCUT2D eigenvalue weighted by molar-refractivity contribution is 5.93. The summed E-state index contributed by atoms with van der Waals surface area (Å²) in [5.41, 5.74) is 1.49. The summed E-state index contributed by atoms with van der Waals surface area (Å²) in [5, 5.41) is 2.82. The molecule has 5 heteroatoms. The Labute approximate surface area is 117 Å². The topological polar surface area (TPSA) is 60.5 Å². The second-order valence-electron chi connectivity index (χ2n) is 4.15. The van der Waals surface area contributed by atoms with Gasteiger partial charge in [-0.05, 0) is 29.8 Å². The Balaban J connectivity index is 2.10. The zero-order valence-corrected chi connectivity index (χ0v) is 11.4. The standard InChI is InChI=1S/C15H16N2O3/c1-19-12-3-4-14(20-2)13(10-12)17-15(18)9-11-5-7-16-8-6-11/h3-8,10H,9H2,1-2H3,(H,17,18). The number of hydrogen-bond donors (Lipinski definition) is 1. The summed E-state index contributed by atoms with van der Waals surface area (Å²) in [6.07, 6.45) is 3.60.